The van der Waals surface area contributed by atoms with Crippen molar-refractivity contribution in [2.24, 2.45) is 0 Å². The van der Waals surface area contributed by atoms with Gasteiger partial charge in [0.15, 0.2) is 5.76 Å². The first kappa shape index (κ1) is 14.1. The summed E-state index contributed by atoms with van der Waals surface area (Å²) in [6.45, 7) is 8.91. The molecule has 0 bridgehead atoms. The molecule has 3 rings (SSSR count). The van der Waals surface area contributed by atoms with E-state index in [1.54, 1.807) is 0 Å². The molecule has 2 fully saturated rings. The van der Waals surface area contributed by atoms with Crippen LogP contribution >= 0.6 is 0 Å². The molecule has 0 aliphatic carbocycles. The van der Waals surface area contributed by atoms with Crippen LogP contribution in [-0.4, -0.2) is 29.9 Å². The molecular formula is C17H20N2O2. The highest BCUT2D eigenvalue weighted by atomic mass is 16.8. The monoisotopic (exact) mass is 284 g/mol. The van der Waals surface area contributed by atoms with E-state index in [2.05, 4.69) is 11.0 Å². The van der Waals surface area contributed by atoms with Gasteiger partial charge in [-0.1, -0.05) is 12.1 Å². The predicted octanol–water partition coefficient (Wildman–Crippen LogP) is 2.80. The van der Waals surface area contributed by atoms with E-state index >= 15 is 0 Å². The molecule has 1 atom stereocenters. The van der Waals surface area contributed by atoms with Gasteiger partial charge in [-0.2, -0.15) is 5.26 Å². The lowest BCUT2D eigenvalue weighted by Gasteiger charge is -2.33. The molecule has 2 saturated heterocycles. The van der Waals surface area contributed by atoms with Crippen LogP contribution in [0.15, 0.2) is 35.6 Å². The second-order valence-corrected chi connectivity index (χ2v) is 6.60. The Bertz CT molecular complexity index is 597. The van der Waals surface area contributed by atoms with Crippen molar-refractivity contribution in [1.82, 2.24) is 4.90 Å². The molecule has 2 aliphatic heterocycles. The normalized spacial score (nSPS) is 21.5. The number of hydrogen-bond donors (Lipinski definition) is 0. The third-order valence-corrected chi connectivity index (χ3v) is 3.52. The van der Waals surface area contributed by atoms with E-state index in [-0.39, 0.29) is 11.9 Å². The van der Waals surface area contributed by atoms with Crippen molar-refractivity contribution < 1.29 is 9.47 Å². The van der Waals surface area contributed by atoms with Crippen LogP contribution in [-0.2, 0) is 16.0 Å². The fourth-order valence-corrected chi connectivity index (χ4v) is 2.43. The van der Waals surface area contributed by atoms with E-state index in [0.717, 1.165) is 25.4 Å². The second-order valence-electron chi connectivity index (χ2n) is 6.60. The lowest BCUT2D eigenvalue weighted by Crippen LogP contribution is -2.39. The highest BCUT2D eigenvalue weighted by Crippen LogP contribution is 2.38. The molecule has 0 radical (unpaired) electrons. The summed E-state index contributed by atoms with van der Waals surface area (Å²) in [6.07, 6.45) is -0.128. The fourth-order valence-electron chi connectivity index (χ4n) is 2.43. The minimum atomic E-state index is -0.168. The molecule has 0 N–H and O–H groups in total. The van der Waals surface area contributed by atoms with Gasteiger partial charge < -0.3 is 9.47 Å². The quantitative estimate of drug-likeness (QED) is 0.801. The van der Waals surface area contributed by atoms with Gasteiger partial charge in [-0.3, -0.25) is 4.90 Å². The van der Waals surface area contributed by atoms with Crippen LogP contribution in [0.5, 0.6) is 0 Å². The third kappa shape index (κ3) is 3.44. The lowest BCUT2D eigenvalue weighted by atomic mass is 10.1. The molecule has 0 aromatic heterocycles. The minimum absolute atomic E-state index is 0.128. The Hall–Kier alpha value is -1.83. The van der Waals surface area contributed by atoms with E-state index in [1.165, 1.54) is 11.1 Å². The Morgan fingerprint density at radius 1 is 1.29 bits per heavy atom. The molecule has 4 nitrogen and oxygen atoms in total. The number of nitrogens with zero attached hydrogens (tertiary/aromatic N) is 2. The average Bonchev–Trinajstić information content (AvgIpc) is 3.10. The molecule has 2 heterocycles. The van der Waals surface area contributed by atoms with Gasteiger partial charge in [-0.15, -0.1) is 0 Å². The van der Waals surface area contributed by atoms with E-state index in [9.17, 15) is 0 Å². The van der Waals surface area contributed by atoms with Crippen molar-refractivity contribution in [1.29, 1.82) is 5.26 Å². The Balaban J connectivity index is 1.49. The second kappa shape index (κ2) is 5.18. The van der Waals surface area contributed by atoms with Crippen molar-refractivity contribution in [2.75, 3.05) is 13.1 Å². The molecule has 1 unspecified atom stereocenters. The maximum Gasteiger partial charge on any atom is 0.259 e. The summed E-state index contributed by atoms with van der Waals surface area (Å²) in [4.78, 5) is 2.35. The molecule has 21 heavy (non-hydrogen) atoms. The molecular weight excluding hydrogens is 264 g/mol. The standard InChI is InChI=1S/C17H20N2O2/c1-17(2,3)21-16-15(20-16)14-10-19(11-14)9-13-6-4-12(8-18)5-7-13/h4-7,16H,9-11H2,1-3H3. The van der Waals surface area contributed by atoms with Crippen molar-refractivity contribution in [3.8, 4) is 6.07 Å². The van der Waals surface area contributed by atoms with Crippen molar-refractivity contribution in [2.45, 2.75) is 39.2 Å². The van der Waals surface area contributed by atoms with Crippen LogP contribution in [0.3, 0.4) is 0 Å². The Morgan fingerprint density at radius 3 is 2.52 bits per heavy atom. The largest absolute Gasteiger partial charge is 0.455 e. The van der Waals surface area contributed by atoms with Crippen molar-refractivity contribution >= 4 is 0 Å². The number of hydrogen-bond acceptors (Lipinski definition) is 4. The van der Waals surface area contributed by atoms with Crippen LogP contribution < -0.4 is 0 Å². The topological polar surface area (TPSA) is 48.8 Å². The molecule has 1 aromatic rings. The van der Waals surface area contributed by atoms with Gasteiger partial charge in [0.1, 0.15) is 0 Å². The zero-order chi connectivity index (χ0) is 15.0. The van der Waals surface area contributed by atoms with Gasteiger partial charge in [0.2, 0.25) is 0 Å². The van der Waals surface area contributed by atoms with E-state index in [0.29, 0.717) is 5.56 Å². The molecule has 0 saturated carbocycles. The van der Waals surface area contributed by atoms with Gasteiger partial charge in [0.05, 0.1) is 17.2 Å². The maximum absolute atomic E-state index is 8.78. The van der Waals surface area contributed by atoms with Crippen LogP contribution in [0.25, 0.3) is 0 Å². The molecule has 1 aromatic carbocycles. The first-order valence-corrected chi connectivity index (χ1v) is 7.22. The van der Waals surface area contributed by atoms with E-state index < -0.39 is 0 Å². The van der Waals surface area contributed by atoms with Crippen molar-refractivity contribution in [3.63, 3.8) is 0 Å². The molecule has 110 valence electrons. The Labute approximate surface area is 125 Å². The van der Waals surface area contributed by atoms with Gasteiger partial charge >= 0.3 is 0 Å². The number of likely N-dealkylation sites (tertiary alicyclic amines) is 1. The van der Waals surface area contributed by atoms with Crippen LogP contribution in [0.1, 0.15) is 31.9 Å². The van der Waals surface area contributed by atoms with Gasteiger partial charge in [-0.05, 0) is 38.5 Å². The summed E-state index contributed by atoms with van der Waals surface area (Å²) in [5, 5.41) is 8.78. The van der Waals surface area contributed by atoms with Crippen molar-refractivity contribution in [3.05, 3.63) is 46.7 Å². The van der Waals surface area contributed by atoms with Crippen LogP contribution in [0.4, 0.5) is 0 Å². The molecule has 4 heteroatoms. The summed E-state index contributed by atoms with van der Waals surface area (Å²) < 4.78 is 11.3. The number of nitriles is 1. The summed E-state index contributed by atoms with van der Waals surface area (Å²) in [6, 6.07) is 9.90. The zero-order valence-electron chi connectivity index (χ0n) is 12.7. The van der Waals surface area contributed by atoms with Crippen LogP contribution in [0.2, 0.25) is 0 Å². The predicted molar refractivity (Wildman–Crippen MR) is 79.2 cm³/mol. The zero-order valence-corrected chi connectivity index (χ0v) is 12.7. The fraction of sp³-hybridized carbons (Fsp3) is 0.471. The smallest absolute Gasteiger partial charge is 0.259 e. The molecule has 0 spiro atoms. The first-order valence-electron chi connectivity index (χ1n) is 7.22. The van der Waals surface area contributed by atoms with E-state index in [4.69, 9.17) is 14.7 Å². The number of ether oxygens (including phenoxy) is 2. The first-order chi connectivity index (χ1) is 9.94. The van der Waals surface area contributed by atoms with Gasteiger partial charge in [0.25, 0.3) is 6.29 Å². The Morgan fingerprint density at radius 2 is 1.95 bits per heavy atom. The number of rotatable bonds is 3. The maximum atomic E-state index is 8.78. The molecule has 0 amide bonds. The van der Waals surface area contributed by atoms with Crippen LogP contribution in [0, 0.1) is 11.3 Å². The summed E-state index contributed by atoms with van der Waals surface area (Å²) in [5.74, 6) is 1.03. The highest BCUT2D eigenvalue weighted by molar-refractivity contribution is 5.33. The lowest BCUT2D eigenvalue weighted by molar-refractivity contribution is -0.0564. The minimum Gasteiger partial charge on any atom is -0.455 e. The SMILES string of the molecule is CC(C)(C)OC1OC1=C1CN(Cc2ccc(C#N)cc2)C1. The highest BCUT2D eigenvalue weighted by Gasteiger charge is 2.43. The van der Waals surface area contributed by atoms with E-state index in [1.807, 2.05) is 45.0 Å². The van der Waals surface area contributed by atoms with Gasteiger partial charge in [0, 0.05) is 25.2 Å². The van der Waals surface area contributed by atoms with Gasteiger partial charge in [-0.25, -0.2) is 0 Å². The average molecular weight is 284 g/mol. The summed E-state index contributed by atoms with van der Waals surface area (Å²) in [5.41, 5.74) is 3.12. The summed E-state index contributed by atoms with van der Waals surface area (Å²) >= 11 is 0. The number of epoxide rings is 1. The molecule has 2 aliphatic rings. The summed E-state index contributed by atoms with van der Waals surface area (Å²) in [7, 11) is 0. The Kier molecular flexibility index (Phi) is 3.48. The number of benzene rings is 1. The third-order valence-electron chi connectivity index (χ3n) is 3.52.